The van der Waals surface area contributed by atoms with Crippen LogP contribution in [-0.4, -0.2) is 59.1 Å². The molecule has 1 aromatic heterocycles. The minimum Gasteiger partial charge on any atom is -0.481 e. The second kappa shape index (κ2) is 11.6. The molecule has 5 fully saturated rings. The van der Waals surface area contributed by atoms with Gasteiger partial charge < -0.3 is 20.1 Å². The topological polar surface area (TPSA) is 91.8 Å². The third-order valence-electron chi connectivity index (χ3n) is 10.6. The molecule has 0 aromatic carbocycles. The van der Waals surface area contributed by atoms with Crippen molar-refractivity contribution >= 4 is 29.5 Å². The van der Waals surface area contributed by atoms with Gasteiger partial charge in [0.2, 0.25) is 0 Å². The van der Waals surface area contributed by atoms with Crippen LogP contribution in [0.25, 0.3) is 0 Å². The molecule has 226 valence electrons. The maximum absolute atomic E-state index is 13.6. The summed E-state index contributed by atoms with van der Waals surface area (Å²) in [5, 5.41) is 13.7. The molecule has 2 N–H and O–H groups in total. The number of carbonyl (C=O) groups is 2. The number of ether oxygens (including phenoxy) is 1. The number of aliphatic carboxylic acids is 1. The molecular weight excluding hydrogens is 548 g/mol. The van der Waals surface area contributed by atoms with Crippen LogP contribution < -0.4 is 10.2 Å². The van der Waals surface area contributed by atoms with Crippen LogP contribution in [-0.2, 0) is 9.53 Å². The van der Waals surface area contributed by atoms with Crippen LogP contribution in [0.4, 0.5) is 14.6 Å². The predicted octanol–water partition coefficient (Wildman–Crippen LogP) is 6.36. The summed E-state index contributed by atoms with van der Waals surface area (Å²) >= 11 is 1.71. The first kappa shape index (κ1) is 29.1. The van der Waals surface area contributed by atoms with Crippen molar-refractivity contribution in [1.29, 1.82) is 0 Å². The van der Waals surface area contributed by atoms with Crippen molar-refractivity contribution in [1.82, 2.24) is 10.3 Å². The normalized spacial score (nSPS) is 34.9. The van der Waals surface area contributed by atoms with E-state index in [1.165, 1.54) is 19.3 Å². The van der Waals surface area contributed by atoms with Gasteiger partial charge in [-0.25, -0.2) is 4.98 Å². The zero-order valence-corrected chi connectivity index (χ0v) is 24.8. The molecule has 1 aliphatic heterocycles. The lowest BCUT2D eigenvalue weighted by molar-refractivity contribution is -0.224. The minimum atomic E-state index is -2.74. The Morgan fingerprint density at radius 3 is 2.73 bits per heavy atom. The van der Waals surface area contributed by atoms with Gasteiger partial charge in [0.25, 0.3) is 5.91 Å². The lowest BCUT2D eigenvalue weighted by Crippen LogP contribution is -2.41. The van der Waals surface area contributed by atoms with E-state index in [2.05, 4.69) is 17.1 Å². The summed E-state index contributed by atoms with van der Waals surface area (Å²) in [7, 11) is 0. The van der Waals surface area contributed by atoms with Crippen LogP contribution in [0, 0.1) is 29.1 Å². The summed E-state index contributed by atoms with van der Waals surface area (Å²) in [5.74, 6) is 1.02. The van der Waals surface area contributed by atoms with Crippen molar-refractivity contribution in [2.24, 2.45) is 29.1 Å². The van der Waals surface area contributed by atoms with Gasteiger partial charge in [0, 0.05) is 31.3 Å². The lowest BCUT2D eigenvalue weighted by atomic mass is 9.72. The summed E-state index contributed by atoms with van der Waals surface area (Å²) in [6.07, 6.45) is 10.9. The van der Waals surface area contributed by atoms with Crippen LogP contribution in [0.5, 0.6) is 0 Å². The predicted molar refractivity (Wildman–Crippen MR) is 153 cm³/mol. The Balaban J connectivity index is 1.15. The van der Waals surface area contributed by atoms with E-state index >= 15 is 0 Å². The molecule has 1 saturated heterocycles. The quantitative estimate of drug-likeness (QED) is 0.327. The average Bonchev–Trinajstić information content (AvgIpc) is 3.36. The number of carbonyl (C=O) groups excluding carboxylic acids is 1. The van der Waals surface area contributed by atoms with Crippen molar-refractivity contribution in [2.45, 2.75) is 106 Å². The van der Waals surface area contributed by atoms with Crippen LogP contribution in [0.15, 0.2) is 17.2 Å². The smallest absolute Gasteiger partial charge is 0.345 e. The highest BCUT2D eigenvalue weighted by Gasteiger charge is 2.74. The van der Waals surface area contributed by atoms with Gasteiger partial charge in [0.1, 0.15) is 10.8 Å². The van der Waals surface area contributed by atoms with Gasteiger partial charge >= 0.3 is 12.6 Å². The van der Waals surface area contributed by atoms with Crippen LogP contribution >= 0.6 is 11.8 Å². The fourth-order valence-electron chi connectivity index (χ4n) is 9.10. The Kier molecular flexibility index (Phi) is 8.26. The number of alkyl halides is 2. The monoisotopic (exact) mass is 591 g/mol. The molecule has 7 nitrogen and oxygen atoms in total. The summed E-state index contributed by atoms with van der Waals surface area (Å²) in [6.45, 7) is 1.45. The first-order valence-corrected chi connectivity index (χ1v) is 16.4. The second-order valence-corrected chi connectivity index (χ2v) is 14.9. The van der Waals surface area contributed by atoms with E-state index in [1.54, 1.807) is 11.8 Å². The number of thioether (sulfide) groups is 1. The van der Waals surface area contributed by atoms with Crippen molar-refractivity contribution in [2.75, 3.05) is 24.5 Å². The molecule has 6 rings (SSSR count). The highest BCUT2D eigenvalue weighted by atomic mass is 32.2. The minimum absolute atomic E-state index is 0.0162. The second-order valence-electron chi connectivity index (χ2n) is 13.6. The first-order valence-electron chi connectivity index (χ1n) is 15.5. The fourth-order valence-corrected chi connectivity index (χ4v) is 10.4. The number of carboxylic acid groups (broad SMARTS) is 1. The van der Waals surface area contributed by atoms with Gasteiger partial charge in [-0.05, 0) is 92.6 Å². The van der Waals surface area contributed by atoms with E-state index in [1.807, 2.05) is 12.1 Å². The molecular formula is C31H43F2N3O4S. The number of rotatable bonds is 10. The number of hydrogen-bond acceptors (Lipinski definition) is 6. The molecule has 2 heterocycles. The highest BCUT2D eigenvalue weighted by Crippen LogP contribution is 2.77. The number of pyridine rings is 1. The first-order chi connectivity index (χ1) is 19.7. The van der Waals surface area contributed by atoms with Gasteiger partial charge in [-0.2, -0.15) is 8.78 Å². The maximum atomic E-state index is 13.6. The lowest BCUT2D eigenvalue weighted by Gasteiger charge is -2.40. The Labute approximate surface area is 245 Å². The number of fused-ring (bicyclic) bond motifs is 1. The Morgan fingerprint density at radius 2 is 1.98 bits per heavy atom. The van der Waals surface area contributed by atoms with E-state index in [0.717, 1.165) is 49.5 Å². The molecule has 1 spiro atoms. The number of hydrogen-bond donors (Lipinski definition) is 2. The van der Waals surface area contributed by atoms with E-state index in [4.69, 9.17) is 9.72 Å². The zero-order valence-electron chi connectivity index (χ0n) is 24.0. The molecule has 4 saturated carbocycles. The molecule has 5 aliphatic rings. The molecule has 0 radical (unpaired) electrons. The number of anilines is 1. The zero-order chi connectivity index (χ0) is 28.8. The van der Waals surface area contributed by atoms with Gasteiger partial charge in [-0.3, -0.25) is 9.59 Å². The summed E-state index contributed by atoms with van der Waals surface area (Å²) in [5.41, 5.74) is -0.0833. The Morgan fingerprint density at radius 1 is 1.17 bits per heavy atom. The van der Waals surface area contributed by atoms with E-state index in [0.29, 0.717) is 60.9 Å². The van der Waals surface area contributed by atoms with Crippen molar-refractivity contribution in [3.8, 4) is 0 Å². The van der Waals surface area contributed by atoms with Gasteiger partial charge in [0.15, 0.2) is 0 Å². The van der Waals surface area contributed by atoms with Crippen LogP contribution in [0.3, 0.4) is 0 Å². The molecule has 4 aliphatic carbocycles. The number of nitrogens with zero attached hydrogens (tertiary/aromatic N) is 2. The number of piperidine rings is 1. The number of halogens is 2. The summed E-state index contributed by atoms with van der Waals surface area (Å²) in [4.78, 5) is 32.1. The average molecular weight is 592 g/mol. The number of amides is 1. The van der Waals surface area contributed by atoms with Crippen LogP contribution in [0.2, 0.25) is 0 Å². The SMILES string of the molecule is CC1CC23C[C@@](OC(F)F)(C1)CC2C3CNC(=O)c1ccc(N2CCC[C@@H](CC(=O)O)C2)nc1SC1CCCCC1. The largest absolute Gasteiger partial charge is 0.481 e. The molecule has 1 aromatic rings. The van der Waals surface area contributed by atoms with Crippen molar-refractivity contribution in [3.05, 3.63) is 17.7 Å². The van der Waals surface area contributed by atoms with Crippen molar-refractivity contribution in [3.63, 3.8) is 0 Å². The third-order valence-corrected chi connectivity index (χ3v) is 11.9. The summed E-state index contributed by atoms with van der Waals surface area (Å²) in [6, 6.07) is 3.80. The summed E-state index contributed by atoms with van der Waals surface area (Å²) < 4.78 is 31.6. The van der Waals surface area contributed by atoms with E-state index in [-0.39, 0.29) is 23.7 Å². The van der Waals surface area contributed by atoms with E-state index < -0.39 is 18.2 Å². The van der Waals surface area contributed by atoms with Gasteiger partial charge in [-0.15, -0.1) is 11.8 Å². The Bertz CT molecular complexity index is 1150. The van der Waals surface area contributed by atoms with Gasteiger partial charge in [0.05, 0.1) is 11.2 Å². The van der Waals surface area contributed by atoms with E-state index in [9.17, 15) is 23.5 Å². The molecule has 41 heavy (non-hydrogen) atoms. The Hall–Kier alpha value is -1.94. The van der Waals surface area contributed by atoms with Gasteiger partial charge in [-0.1, -0.05) is 26.2 Å². The number of aromatic nitrogens is 1. The molecule has 6 atom stereocenters. The fraction of sp³-hybridized carbons (Fsp3) is 0.774. The molecule has 2 bridgehead atoms. The van der Waals surface area contributed by atoms with Crippen LogP contribution in [0.1, 0.15) is 94.3 Å². The molecule has 10 heteroatoms. The maximum Gasteiger partial charge on any atom is 0.345 e. The standard InChI is InChI=1S/C31H43F2N3O4S/c1-19-13-30(40-29(32)33)15-23-24(31(23,14-19)18-30)16-34-27(39)22-9-10-25(35-28(22)41-21-7-3-2-4-8-21)36-11-5-6-20(17-36)12-26(37)38/h9-10,19-21,23-24,29H,2-8,11-18H2,1H3,(H,34,39)(H,37,38)/t19?,20-,23?,24?,30+,31?/m0/s1. The molecule has 1 amide bonds. The molecule has 4 unspecified atom stereocenters. The number of carboxylic acids is 1. The third kappa shape index (κ3) is 6.10. The number of nitrogens with one attached hydrogen (secondary N) is 1. The van der Waals surface area contributed by atoms with Crippen molar-refractivity contribution < 1.29 is 28.2 Å². The highest BCUT2D eigenvalue weighted by molar-refractivity contribution is 7.99.